The number of carbonyl (C=O) groups excluding carboxylic acids is 1. The number of hydrogen-bond donors (Lipinski definition) is 1. The van der Waals surface area contributed by atoms with Crippen LogP contribution in [0.1, 0.15) is 46.5 Å². The van der Waals surface area contributed by atoms with Crippen LogP contribution in [0.25, 0.3) is 11.3 Å². The summed E-state index contributed by atoms with van der Waals surface area (Å²) in [5.41, 5.74) is 1.19. The Labute approximate surface area is 165 Å². The summed E-state index contributed by atoms with van der Waals surface area (Å²) >= 11 is 0. The minimum atomic E-state index is -3.42. The van der Waals surface area contributed by atoms with E-state index in [0.29, 0.717) is 30.1 Å². The van der Waals surface area contributed by atoms with Gasteiger partial charge in [-0.05, 0) is 25.7 Å². The Balaban J connectivity index is 1.75. The van der Waals surface area contributed by atoms with Crippen LogP contribution in [-0.4, -0.2) is 51.6 Å². The Morgan fingerprint density at radius 3 is 2.43 bits per heavy atom. The van der Waals surface area contributed by atoms with Crippen LogP contribution < -0.4 is 5.32 Å². The van der Waals surface area contributed by atoms with Gasteiger partial charge in [-0.1, -0.05) is 25.5 Å². The molecule has 2 heterocycles. The molecule has 2 aromatic heterocycles. The minimum Gasteiger partial charge on any atom is -0.353 e. The third kappa shape index (κ3) is 6.66. The molecule has 1 amide bonds. The second-order valence-electron chi connectivity index (χ2n) is 7.30. The molecule has 0 saturated heterocycles. The van der Waals surface area contributed by atoms with E-state index in [1.807, 2.05) is 6.92 Å². The fourth-order valence-corrected chi connectivity index (χ4v) is 2.90. The molecule has 1 atom stereocenters. The van der Waals surface area contributed by atoms with Crippen LogP contribution in [-0.2, 0) is 21.2 Å². The number of carbonyl (C=O) groups is 1. The quantitative estimate of drug-likeness (QED) is 0.470. The van der Waals surface area contributed by atoms with E-state index in [4.69, 9.17) is 0 Å². The summed E-state index contributed by atoms with van der Waals surface area (Å²) in [5.74, 6) is 0.528. The van der Waals surface area contributed by atoms with Crippen molar-refractivity contribution in [3.8, 4) is 11.3 Å². The minimum absolute atomic E-state index is 0.0989. The predicted molar refractivity (Wildman–Crippen MR) is 105 cm³/mol. The first-order chi connectivity index (χ1) is 13.2. The van der Waals surface area contributed by atoms with E-state index in [9.17, 15) is 13.2 Å². The predicted octanol–water partition coefficient (Wildman–Crippen LogP) is 1.86. The van der Waals surface area contributed by atoms with E-state index in [1.165, 1.54) is 12.4 Å². The molecule has 0 spiro atoms. The van der Waals surface area contributed by atoms with Gasteiger partial charge in [0.25, 0.3) is 0 Å². The van der Waals surface area contributed by atoms with Gasteiger partial charge in [0, 0.05) is 43.2 Å². The zero-order valence-electron chi connectivity index (χ0n) is 16.8. The van der Waals surface area contributed by atoms with Crippen LogP contribution in [0.5, 0.6) is 0 Å². The summed E-state index contributed by atoms with van der Waals surface area (Å²) < 4.78 is 24.5. The number of amides is 1. The molecule has 154 valence electrons. The first-order valence-corrected chi connectivity index (χ1v) is 11.3. The lowest BCUT2D eigenvalue weighted by Crippen LogP contribution is -2.35. The largest absolute Gasteiger partial charge is 0.353 e. The molecule has 0 saturated carbocycles. The molecule has 28 heavy (non-hydrogen) atoms. The van der Waals surface area contributed by atoms with Crippen molar-refractivity contribution < 1.29 is 13.2 Å². The lowest BCUT2D eigenvalue weighted by molar-refractivity contribution is -0.122. The van der Waals surface area contributed by atoms with Crippen molar-refractivity contribution in [3.63, 3.8) is 0 Å². The lowest BCUT2D eigenvalue weighted by atomic mass is 10.1. The molecule has 1 N–H and O–H groups in total. The normalized spacial score (nSPS) is 12.9. The van der Waals surface area contributed by atoms with Crippen LogP contribution in [0.15, 0.2) is 23.7 Å². The maximum atomic E-state index is 11.8. The van der Waals surface area contributed by atoms with Gasteiger partial charge in [0.15, 0.2) is 0 Å². The summed E-state index contributed by atoms with van der Waals surface area (Å²) in [6.07, 6.45) is 8.86. The van der Waals surface area contributed by atoms with Crippen molar-refractivity contribution in [1.82, 2.24) is 30.3 Å². The number of nitrogens with one attached hydrogen (secondary N) is 1. The topological polar surface area (TPSA) is 120 Å². The molecule has 0 unspecified atom stereocenters. The van der Waals surface area contributed by atoms with Crippen molar-refractivity contribution in [2.24, 2.45) is 5.92 Å². The third-order valence-electron chi connectivity index (χ3n) is 4.47. The highest BCUT2D eigenvalue weighted by Gasteiger charge is 2.12. The molecule has 9 nitrogen and oxygen atoms in total. The second-order valence-corrected chi connectivity index (χ2v) is 9.21. The molecule has 0 aliphatic carbocycles. The number of hydrogen-bond acceptors (Lipinski definition) is 7. The maximum absolute atomic E-state index is 11.8. The van der Waals surface area contributed by atoms with Gasteiger partial charge in [0.1, 0.15) is 5.69 Å². The van der Waals surface area contributed by atoms with Gasteiger partial charge in [0.2, 0.25) is 20.9 Å². The number of rotatable bonds is 10. The molecule has 0 radical (unpaired) electrons. The van der Waals surface area contributed by atoms with Gasteiger partial charge in [0.05, 0.1) is 6.20 Å². The van der Waals surface area contributed by atoms with Gasteiger partial charge in [-0.15, -0.1) is 5.10 Å². The molecule has 10 heteroatoms. The maximum Gasteiger partial charge on any atom is 0.246 e. The molecule has 0 bridgehead atoms. The summed E-state index contributed by atoms with van der Waals surface area (Å²) in [5, 5.41) is 10.9. The van der Waals surface area contributed by atoms with Crippen LogP contribution in [0.4, 0.5) is 0 Å². The number of sulfone groups is 1. The molecule has 0 fully saturated rings. The van der Waals surface area contributed by atoms with Gasteiger partial charge in [-0.25, -0.2) is 18.4 Å². The Bertz CT molecular complexity index is 877. The SMILES string of the molecule is CC(C)[C@H](C)NC(=O)CCCCCn1cc(-c2cnc(S(C)(=O)=O)nc2)nn1. The van der Waals surface area contributed by atoms with E-state index < -0.39 is 9.84 Å². The highest BCUT2D eigenvalue weighted by Crippen LogP contribution is 2.15. The van der Waals surface area contributed by atoms with Crippen LogP contribution >= 0.6 is 0 Å². The molecule has 2 aromatic rings. The number of aromatic nitrogens is 5. The molecular weight excluding hydrogens is 380 g/mol. The highest BCUT2D eigenvalue weighted by atomic mass is 32.2. The first kappa shape index (κ1) is 21.9. The molecule has 0 aliphatic heterocycles. The second kappa shape index (κ2) is 9.72. The van der Waals surface area contributed by atoms with Gasteiger partial charge < -0.3 is 5.32 Å². The van der Waals surface area contributed by atoms with E-state index in [1.54, 1.807) is 10.9 Å². The third-order valence-corrected chi connectivity index (χ3v) is 5.35. The summed E-state index contributed by atoms with van der Waals surface area (Å²) in [6, 6.07) is 0.191. The first-order valence-electron chi connectivity index (χ1n) is 9.39. The molecule has 2 rings (SSSR count). The Hall–Kier alpha value is -2.36. The molecule has 0 aliphatic rings. The number of aryl methyl sites for hydroxylation is 1. The Kier molecular flexibility index (Phi) is 7.61. The molecular formula is C18H28N6O3S. The average molecular weight is 409 g/mol. The van der Waals surface area contributed by atoms with Gasteiger partial charge in [-0.3, -0.25) is 9.48 Å². The highest BCUT2D eigenvalue weighted by molar-refractivity contribution is 7.90. The van der Waals surface area contributed by atoms with Crippen LogP contribution in [0.3, 0.4) is 0 Å². The van der Waals surface area contributed by atoms with Crippen molar-refractivity contribution in [1.29, 1.82) is 0 Å². The van der Waals surface area contributed by atoms with E-state index in [0.717, 1.165) is 25.5 Å². The van der Waals surface area contributed by atoms with Crippen LogP contribution in [0, 0.1) is 5.92 Å². The Morgan fingerprint density at radius 1 is 1.14 bits per heavy atom. The average Bonchev–Trinajstić information content (AvgIpc) is 3.09. The van der Waals surface area contributed by atoms with Gasteiger partial charge in [-0.2, -0.15) is 0 Å². The van der Waals surface area contributed by atoms with Crippen molar-refractivity contribution in [2.75, 3.05) is 6.26 Å². The molecule has 0 aromatic carbocycles. The fourth-order valence-electron chi connectivity index (χ4n) is 2.41. The van der Waals surface area contributed by atoms with E-state index in [-0.39, 0.29) is 17.1 Å². The lowest BCUT2D eigenvalue weighted by Gasteiger charge is -2.17. The van der Waals surface area contributed by atoms with E-state index >= 15 is 0 Å². The number of unbranched alkanes of at least 4 members (excludes halogenated alkanes) is 2. The Morgan fingerprint density at radius 2 is 1.82 bits per heavy atom. The summed E-state index contributed by atoms with van der Waals surface area (Å²) in [7, 11) is -3.42. The van der Waals surface area contributed by atoms with Gasteiger partial charge >= 0.3 is 0 Å². The fraction of sp³-hybridized carbons (Fsp3) is 0.611. The standard InChI is InChI=1S/C18H28N6O3S/c1-13(2)14(3)21-17(25)8-6-5-7-9-24-12-16(22-23-24)15-10-19-18(20-11-15)28(4,26)27/h10-14H,5-9H2,1-4H3,(H,21,25)/t14-/m0/s1. The van der Waals surface area contributed by atoms with Crippen molar-refractivity contribution in [2.45, 2.75) is 64.2 Å². The smallest absolute Gasteiger partial charge is 0.246 e. The summed E-state index contributed by atoms with van der Waals surface area (Å²) in [6.45, 7) is 6.89. The van der Waals surface area contributed by atoms with E-state index in [2.05, 4.69) is 39.4 Å². The monoisotopic (exact) mass is 408 g/mol. The zero-order chi connectivity index (χ0) is 20.7. The van der Waals surface area contributed by atoms with Crippen molar-refractivity contribution in [3.05, 3.63) is 18.6 Å². The van der Waals surface area contributed by atoms with Crippen molar-refractivity contribution >= 4 is 15.7 Å². The van der Waals surface area contributed by atoms with Crippen LogP contribution in [0.2, 0.25) is 0 Å². The number of nitrogens with zero attached hydrogens (tertiary/aromatic N) is 5. The summed E-state index contributed by atoms with van der Waals surface area (Å²) in [4.78, 5) is 19.6. The zero-order valence-corrected chi connectivity index (χ0v) is 17.6.